The maximum Gasteiger partial charge on any atom is 0.255 e. The number of amides is 1. The van der Waals surface area contributed by atoms with Gasteiger partial charge in [0.25, 0.3) is 5.91 Å². The van der Waals surface area contributed by atoms with Gasteiger partial charge in [-0.15, -0.1) is 0 Å². The summed E-state index contributed by atoms with van der Waals surface area (Å²) in [5.41, 5.74) is 2.87. The summed E-state index contributed by atoms with van der Waals surface area (Å²) in [6.07, 6.45) is 2.40. The van der Waals surface area contributed by atoms with Gasteiger partial charge in [-0.3, -0.25) is 9.69 Å². The smallest absolute Gasteiger partial charge is 0.255 e. The number of likely N-dealkylation sites (tertiary alicyclic amines) is 1. The van der Waals surface area contributed by atoms with Gasteiger partial charge >= 0.3 is 0 Å². The van der Waals surface area contributed by atoms with Gasteiger partial charge in [-0.1, -0.05) is 18.2 Å². The first-order chi connectivity index (χ1) is 14.0. The fourth-order valence-electron chi connectivity index (χ4n) is 3.86. The van der Waals surface area contributed by atoms with Gasteiger partial charge in [-0.25, -0.2) is 0 Å². The third-order valence-corrected chi connectivity index (χ3v) is 5.48. The number of benzene rings is 2. The van der Waals surface area contributed by atoms with Crippen LogP contribution in [0, 0.1) is 0 Å². The molecule has 1 heterocycles. The molecule has 1 atom stereocenters. The Morgan fingerprint density at radius 1 is 1.07 bits per heavy atom. The van der Waals surface area contributed by atoms with Crippen molar-refractivity contribution in [2.45, 2.75) is 18.9 Å². The molecule has 0 aliphatic carbocycles. The molecule has 1 N–H and O–H groups in total. The Kier molecular flexibility index (Phi) is 6.99. The van der Waals surface area contributed by atoms with Crippen LogP contribution in [0.1, 0.15) is 34.8 Å². The normalized spacial score (nSPS) is 15.0. The molecular weight excluding hydrogens is 366 g/mol. The predicted molar refractivity (Wildman–Crippen MR) is 116 cm³/mol. The third kappa shape index (κ3) is 4.82. The number of para-hydroxylation sites is 1. The summed E-state index contributed by atoms with van der Waals surface area (Å²) in [5.74, 6) is 0.853. The van der Waals surface area contributed by atoms with Gasteiger partial charge < -0.3 is 19.7 Å². The van der Waals surface area contributed by atoms with E-state index < -0.39 is 0 Å². The van der Waals surface area contributed by atoms with Crippen LogP contribution in [-0.4, -0.2) is 58.8 Å². The number of hydrogen-bond acceptors (Lipinski definition) is 5. The molecule has 2 aromatic rings. The molecule has 0 spiro atoms. The highest BCUT2D eigenvalue weighted by atomic mass is 16.5. The Labute approximate surface area is 173 Å². The zero-order valence-corrected chi connectivity index (χ0v) is 17.8. The monoisotopic (exact) mass is 397 g/mol. The summed E-state index contributed by atoms with van der Waals surface area (Å²) < 4.78 is 10.7. The quantitative estimate of drug-likeness (QED) is 0.740. The Morgan fingerprint density at radius 3 is 2.34 bits per heavy atom. The molecule has 0 unspecified atom stereocenters. The van der Waals surface area contributed by atoms with E-state index in [1.54, 1.807) is 32.4 Å². The number of rotatable bonds is 8. The van der Waals surface area contributed by atoms with Crippen LogP contribution in [-0.2, 0) is 0 Å². The Morgan fingerprint density at radius 2 is 1.76 bits per heavy atom. The first kappa shape index (κ1) is 21.0. The minimum Gasteiger partial charge on any atom is -0.493 e. The number of anilines is 1. The van der Waals surface area contributed by atoms with Crippen LogP contribution in [0.4, 0.5) is 5.69 Å². The lowest BCUT2D eigenvalue weighted by atomic mass is 10.0. The average Bonchev–Trinajstić information content (AvgIpc) is 3.27. The van der Waals surface area contributed by atoms with Crippen molar-refractivity contribution in [1.29, 1.82) is 0 Å². The zero-order chi connectivity index (χ0) is 20.8. The molecular formula is C23H31N3O3. The predicted octanol–water partition coefficient (Wildman–Crippen LogP) is 3.34. The number of nitrogens with zero attached hydrogens (tertiary/aromatic N) is 2. The first-order valence-corrected chi connectivity index (χ1v) is 10.1. The van der Waals surface area contributed by atoms with Crippen LogP contribution >= 0.6 is 0 Å². The second kappa shape index (κ2) is 9.65. The highest BCUT2D eigenvalue weighted by Crippen LogP contribution is 2.31. The molecule has 2 aromatic carbocycles. The van der Waals surface area contributed by atoms with Gasteiger partial charge in [-0.2, -0.15) is 0 Å². The summed E-state index contributed by atoms with van der Waals surface area (Å²) in [7, 11) is 7.19. The summed E-state index contributed by atoms with van der Waals surface area (Å²) >= 11 is 0. The fourth-order valence-corrected chi connectivity index (χ4v) is 3.86. The lowest BCUT2D eigenvalue weighted by molar-refractivity contribution is 0.0934. The summed E-state index contributed by atoms with van der Waals surface area (Å²) in [6.45, 7) is 2.65. The van der Waals surface area contributed by atoms with Crippen LogP contribution < -0.4 is 19.7 Å². The van der Waals surface area contributed by atoms with Crippen LogP contribution in [0.15, 0.2) is 42.5 Å². The zero-order valence-electron chi connectivity index (χ0n) is 17.8. The number of hydrogen-bond donors (Lipinski definition) is 1. The molecule has 6 heteroatoms. The second-order valence-electron chi connectivity index (χ2n) is 7.50. The molecule has 1 saturated heterocycles. The molecule has 29 heavy (non-hydrogen) atoms. The van der Waals surface area contributed by atoms with Gasteiger partial charge in [0, 0.05) is 26.3 Å². The molecule has 0 aromatic heterocycles. The maximum absolute atomic E-state index is 12.9. The molecule has 1 aliphatic rings. The van der Waals surface area contributed by atoms with Gasteiger partial charge in [-0.05, 0) is 55.8 Å². The van der Waals surface area contributed by atoms with Crippen molar-refractivity contribution in [2.75, 3.05) is 52.8 Å². The Bertz CT molecular complexity index is 815. The van der Waals surface area contributed by atoms with E-state index in [-0.39, 0.29) is 11.9 Å². The van der Waals surface area contributed by atoms with Gasteiger partial charge in [0.2, 0.25) is 0 Å². The summed E-state index contributed by atoms with van der Waals surface area (Å²) in [6, 6.07) is 14.1. The third-order valence-electron chi connectivity index (χ3n) is 5.48. The number of carbonyl (C=O) groups is 1. The molecule has 156 valence electrons. The van der Waals surface area contributed by atoms with E-state index in [2.05, 4.69) is 39.4 Å². The lowest BCUT2D eigenvalue weighted by Gasteiger charge is -2.29. The van der Waals surface area contributed by atoms with Crippen molar-refractivity contribution in [3.05, 3.63) is 53.6 Å². The van der Waals surface area contributed by atoms with Gasteiger partial charge in [0.05, 0.1) is 25.8 Å². The topological polar surface area (TPSA) is 54.0 Å². The fraction of sp³-hybridized carbons (Fsp3) is 0.435. The Balaban J connectivity index is 1.78. The van der Waals surface area contributed by atoms with Crippen LogP contribution in [0.5, 0.6) is 11.5 Å². The number of ether oxygens (including phenoxy) is 2. The van der Waals surface area contributed by atoms with Crippen LogP contribution in [0.3, 0.4) is 0 Å². The van der Waals surface area contributed by atoms with Crippen LogP contribution in [0.2, 0.25) is 0 Å². The number of nitrogens with one attached hydrogen (secondary N) is 1. The highest BCUT2D eigenvalue weighted by molar-refractivity contribution is 5.97. The van der Waals surface area contributed by atoms with E-state index in [1.807, 2.05) is 14.1 Å². The first-order valence-electron chi connectivity index (χ1n) is 10.1. The molecule has 3 rings (SSSR count). The van der Waals surface area contributed by atoms with Crippen molar-refractivity contribution < 1.29 is 14.3 Å². The summed E-state index contributed by atoms with van der Waals surface area (Å²) in [5, 5.41) is 3.11. The van der Waals surface area contributed by atoms with E-state index in [0.29, 0.717) is 23.6 Å². The molecule has 1 aliphatic heterocycles. The van der Waals surface area contributed by atoms with Crippen molar-refractivity contribution in [3.63, 3.8) is 0 Å². The molecule has 0 bridgehead atoms. The molecule has 0 radical (unpaired) electrons. The van der Waals surface area contributed by atoms with Crippen molar-refractivity contribution in [1.82, 2.24) is 10.2 Å². The van der Waals surface area contributed by atoms with E-state index in [4.69, 9.17) is 9.47 Å². The average molecular weight is 398 g/mol. The largest absolute Gasteiger partial charge is 0.493 e. The number of carbonyl (C=O) groups excluding carboxylic acids is 1. The minimum absolute atomic E-state index is 0.147. The second-order valence-corrected chi connectivity index (χ2v) is 7.50. The van der Waals surface area contributed by atoms with Crippen molar-refractivity contribution in [2.24, 2.45) is 0 Å². The van der Waals surface area contributed by atoms with Gasteiger partial charge in [0.15, 0.2) is 11.5 Å². The molecule has 0 saturated carbocycles. The SMILES string of the molecule is COc1cccc(C(=O)NC[C@H](c2ccc(N(C)C)cc2)N2CCCC2)c1OC. The molecule has 6 nitrogen and oxygen atoms in total. The number of methoxy groups -OCH3 is 2. The van der Waals surface area contributed by atoms with Crippen molar-refractivity contribution >= 4 is 11.6 Å². The van der Waals surface area contributed by atoms with E-state index in [9.17, 15) is 4.79 Å². The van der Waals surface area contributed by atoms with Crippen LogP contribution in [0.25, 0.3) is 0 Å². The van der Waals surface area contributed by atoms with E-state index >= 15 is 0 Å². The molecule has 1 amide bonds. The maximum atomic E-state index is 12.9. The van der Waals surface area contributed by atoms with E-state index in [0.717, 1.165) is 13.1 Å². The summed E-state index contributed by atoms with van der Waals surface area (Å²) in [4.78, 5) is 17.5. The van der Waals surface area contributed by atoms with Gasteiger partial charge in [0.1, 0.15) is 0 Å². The molecule has 1 fully saturated rings. The van der Waals surface area contributed by atoms with E-state index in [1.165, 1.54) is 24.1 Å². The Hall–Kier alpha value is -2.73. The van der Waals surface area contributed by atoms with Crippen molar-refractivity contribution in [3.8, 4) is 11.5 Å². The highest BCUT2D eigenvalue weighted by Gasteiger charge is 2.25. The lowest BCUT2D eigenvalue weighted by Crippen LogP contribution is -2.37. The minimum atomic E-state index is -0.158. The standard InChI is InChI=1S/C23H31N3O3/c1-25(2)18-12-10-17(11-13-18)20(26-14-5-6-15-26)16-24-23(27)19-8-7-9-21(28-3)22(19)29-4/h7-13,20H,5-6,14-16H2,1-4H3,(H,24,27)/t20-/m1/s1.